The molecule has 1 fully saturated rings. The third-order valence-corrected chi connectivity index (χ3v) is 8.63. The Hall–Kier alpha value is -3.64. The summed E-state index contributed by atoms with van der Waals surface area (Å²) in [6.45, 7) is 4.95. The predicted molar refractivity (Wildman–Crippen MR) is 146 cm³/mol. The summed E-state index contributed by atoms with van der Waals surface area (Å²) in [4.78, 5) is 17.9. The lowest BCUT2D eigenvalue weighted by molar-refractivity contribution is 0.311. The smallest absolute Gasteiger partial charge is 0.226 e. The van der Waals surface area contributed by atoms with Crippen LogP contribution < -0.4 is 9.64 Å². The van der Waals surface area contributed by atoms with E-state index in [4.69, 9.17) is 9.72 Å². The van der Waals surface area contributed by atoms with Gasteiger partial charge in [0.05, 0.1) is 36.5 Å². The van der Waals surface area contributed by atoms with Gasteiger partial charge in [0.1, 0.15) is 22.8 Å². The van der Waals surface area contributed by atoms with Gasteiger partial charge in [0.25, 0.3) is 0 Å². The number of fused-ring (bicyclic) bond motifs is 1. The van der Waals surface area contributed by atoms with Crippen molar-refractivity contribution in [2.45, 2.75) is 19.1 Å². The van der Waals surface area contributed by atoms with Gasteiger partial charge in [0, 0.05) is 55.3 Å². The van der Waals surface area contributed by atoms with Gasteiger partial charge in [-0.25, -0.2) is 27.2 Å². The SMILES string of the molecule is CCCS(=O)(=O)Cc1ccc(F)c(-n2cc(-c3cncc(OC)c3)c3nc(N4CCN(C)CC4)ncc32)c1F. The van der Waals surface area contributed by atoms with E-state index in [0.717, 1.165) is 32.2 Å². The molecule has 4 heterocycles. The molecule has 0 aliphatic carbocycles. The number of piperazine rings is 1. The van der Waals surface area contributed by atoms with E-state index in [2.05, 4.69) is 26.8 Å². The molecule has 0 bridgehead atoms. The lowest BCUT2D eigenvalue weighted by Crippen LogP contribution is -2.45. The van der Waals surface area contributed by atoms with E-state index < -0.39 is 27.2 Å². The average molecular weight is 557 g/mol. The van der Waals surface area contributed by atoms with E-state index in [1.165, 1.54) is 17.7 Å². The molecule has 5 rings (SSSR count). The Labute approximate surface area is 226 Å². The van der Waals surface area contributed by atoms with E-state index in [9.17, 15) is 8.42 Å². The summed E-state index contributed by atoms with van der Waals surface area (Å²) in [6, 6.07) is 4.04. The minimum atomic E-state index is -3.56. The Kier molecular flexibility index (Phi) is 7.50. The molecule has 0 radical (unpaired) electrons. The number of halogens is 2. The van der Waals surface area contributed by atoms with Crippen molar-refractivity contribution in [2.75, 3.05) is 51.0 Å². The second kappa shape index (κ2) is 10.9. The molecule has 1 saturated heterocycles. The molecule has 1 aliphatic heterocycles. The maximum absolute atomic E-state index is 15.8. The van der Waals surface area contributed by atoms with Gasteiger partial charge >= 0.3 is 0 Å². The van der Waals surface area contributed by atoms with Crippen molar-refractivity contribution in [1.82, 2.24) is 24.4 Å². The lowest BCUT2D eigenvalue weighted by Gasteiger charge is -2.32. The highest BCUT2D eigenvalue weighted by Crippen LogP contribution is 2.35. The zero-order valence-corrected chi connectivity index (χ0v) is 22.9. The van der Waals surface area contributed by atoms with Crippen LogP contribution in [0.2, 0.25) is 0 Å². The zero-order chi connectivity index (χ0) is 27.7. The Balaban J connectivity index is 1.69. The summed E-state index contributed by atoms with van der Waals surface area (Å²) in [5, 5.41) is 0. The molecule has 3 aromatic heterocycles. The van der Waals surface area contributed by atoms with Crippen LogP contribution in [0, 0.1) is 11.6 Å². The first-order valence-electron chi connectivity index (χ1n) is 12.7. The van der Waals surface area contributed by atoms with Crippen molar-refractivity contribution < 1.29 is 21.9 Å². The van der Waals surface area contributed by atoms with Crippen molar-refractivity contribution in [3.63, 3.8) is 0 Å². The number of nitrogens with zero attached hydrogens (tertiary/aromatic N) is 6. The molecular weight excluding hydrogens is 526 g/mol. The topological polar surface area (TPSA) is 93.4 Å². The van der Waals surface area contributed by atoms with Crippen LogP contribution in [-0.4, -0.2) is 78.9 Å². The fourth-order valence-corrected chi connectivity index (χ4v) is 6.23. The van der Waals surface area contributed by atoms with Crippen LogP contribution in [0.3, 0.4) is 0 Å². The van der Waals surface area contributed by atoms with Gasteiger partial charge in [-0.3, -0.25) is 4.98 Å². The number of methoxy groups -OCH3 is 1. The van der Waals surface area contributed by atoms with Crippen molar-refractivity contribution in [1.29, 1.82) is 0 Å². The first kappa shape index (κ1) is 26.9. The minimum absolute atomic E-state index is 0.0818. The molecule has 39 heavy (non-hydrogen) atoms. The van der Waals surface area contributed by atoms with Gasteiger partial charge in [0.2, 0.25) is 5.95 Å². The summed E-state index contributed by atoms with van der Waals surface area (Å²) >= 11 is 0. The molecule has 1 aromatic carbocycles. The van der Waals surface area contributed by atoms with E-state index in [1.54, 1.807) is 37.8 Å². The predicted octanol–water partition coefficient (Wildman–Crippen LogP) is 3.85. The summed E-state index contributed by atoms with van der Waals surface area (Å²) in [5.74, 6) is -1.34. The van der Waals surface area contributed by atoms with Crippen molar-refractivity contribution in [2.24, 2.45) is 0 Å². The molecule has 4 aromatic rings. The largest absolute Gasteiger partial charge is 0.495 e. The molecular formula is C27H30F2N6O3S. The number of pyridine rings is 1. The average Bonchev–Trinajstić information content (AvgIpc) is 3.29. The quantitative estimate of drug-likeness (QED) is 0.323. The second-order valence-corrected chi connectivity index (χ2v) is 11.9. The number of rotatable bonds is 8. The molecule has 12 heteroatoms. The monoisotopic (exact) mass is 556 g/mol. The van der Waals surface area contributed by atoms with Crippen molar-refractivity contribution >= 4 is 26.8 Å². The standard InChI is InChI=1S/C27H30F2N6O3S/c1-4-11-39(36,37)17-18-5-6-22(28)26(24(18)29)35-16-21(19-12-20(38-3)14-30-13-19)25-23(35)15-31-27(32-25)34-9-7-33(2)8-10-34/h5-6,12-16H,4,7-11,17H2,1-3H3. The van der Waals surface area contributed by atoms with Gasteiger partial charge in [-0.05, 0) is 25.6 Å². The maximum Gasteiger partial charge on any atom is 0.226 e. The summed E-state index contributed by atoms with van der Waals surface area (Å²) in [7, 11) is 0.0275. The van der Waals surface area contributed by atoms with Gasteiger partial charge in [0.15, 0.2) is 15.7 Å². The number of anilines is 1. The normalized spacial score (nSPS) is 14.7. The Morgan fingerprint density at radius 3 is 2.56 bits per heavy atom. The van der Waals surface area contributed by atoms with Gasteiger partial charge in [-0.15, -0.1) is 0 Å². The fourth-order valence-electron chi connectivity index (χ4n) is 4.77. The molecule has 0 atom stereocenters. The van der Waals surface area contributed by atoms with Crippen LogP contribution in [0.25, 0.3) is 27.8 Å². The molecule has 9 nitrogen and oxygen atoms in total. The number of aromatic nitrogens is 4. The second-order valence-electron chi connectivity index (χ2n) is 9.68. The molecule has 206 valence electrons. The first-order chi connectivity index (χ1) is 18.7. The summed E-state index contributed by atoms with van der Waals surface area (Å²) < 4.78 is 62.7. The van der Waals surface area contributed by atoms with Crippen LogP contribution >= 0.6 is 0 Å². The Morgan fingerprint density at radius 1 is 1.08 bits per heavy atom. The maximum atomic E-state index is 15.8. The lowest BCUT2D eigenvalue weighted by atomic mass is 10.1. The highest BCUT2D eigenvalue weighted by molar-refractivity contribution is 7.90. The van der Waals surface area contributed by atoms with E-state index in [1.807, 2.05) is 0 Å². The molecule has 0 amide bonds. The third-order valence-electron chi connectivity index (χ3n) is 6.85. The molecule has 0 unspecified atom stereocenters. The first-order valence-corrected chi connectivity index (χ1v) is 14.5. The summed E-state index contributed by atoms with van der Waals surface area (Å²) in [6.07, 6.45) is 6.72. The van der Waals surface area contributed by atoms with Crippen molar-refractivity contribution in [3.05, 3.63) is 60.2 Å². The molecule has 0 spiro atoms. The van der Waals surface area contributed by atoms with Crippen LogP contribution in [0.15, 0.2) is 43.0 Å². The van der Waals surface area contributed by atoms with E-state index >= 15 is 8.78 Å². The molecule has 1 aliphatic rings. The molecule has 0 N–H and O–H groups in total. The van der Waals surface area contributed by atoms with Gasteiger partial charge in [-0.2, -0.15) is 0 Å². The number of likely N-dealkylation sites (N-methyl/N-ethyl adjacent to an activating group) is 1. The van der Waals surface area contributed by atoms with Crippen LogP contribution in [0.4, 0.5) is 14.7 Å². The van der Waals surface area contributed by atoms with E-state index in [-0.39, 0.29) is 17.0 Å². The minimum Gasteiger partial charge on any atom is -0.495 e. The van der Waals surface area contributed by atoms with Crippen molar-refractivity contribution in [3.8, 4) is 22.6 Å². The highest BCUT2D eigenvalue weighted by atomic mass is 32.2. The van der Waals surface area contributed by atoms with Gasteiger partial charge in [-0.1, -0.05) is 13.0 Å². The number of sulfone groups is 1. The third kappa shape index (κ3) is 5.44. The van der Waals surface area contributed by atoms with E-state index in [0.29, 0.717) is 40.3 Å². The Bertz CT molecular complexity index is 1620. The fraction of sp³-hybridized carbons (Fsp3) is 0.370. The number of hydrogen-bond donors (Lipinski definition) is 0. The molecule has 0 saturated carbocycles. The van der Waals surface area contributed by atoms with Crippen LogP contribution in [0.5, 0.6) is 5.75 Å². The highest BCUT2D eigenvalue weighted by Gasteiger charge is 2.25. The Morgan fingerprint density at radius 2 is 1.85 bits per heavy atom. The van der Waals surface area contributed by atoms with Gasteiger partial charge < -0.3 is 19.1 Å². The van der Waals surface area contributed by atoms with Crippen LogP contribution in [-0.2, 0) is 15.6 Å². The number of benzene rings is 1. The number of ether oxygens (including phenoxy) is 1. The van der Waals surface area contributed by atoms with Crippen LogP contribution in [0.1, 0.15) is 18.9 Å². The number of hydrogen-bond acceptors (Lipinski definition) is 8. The summed E-state index contributed by atoms with van der Waals surface area (Å²) in [5.41, 5.74) is 1.60. The zero-order valence-electron chi connectivity index (χ0n) is 22.1.